The van der Waals surface area contributed by atoms with Crippen molar-refractivity contribution in [3.05, 3.63) is 10.9 Å². The Morgan fingerprint density at radius 2 is 1.44 bits per heavy atom. The van der Waals surface area contributed by atoms with Crippen LogP contribution in [0.25, 0.3) is 0 Å². The first kappa shape index (κ1) is 12.4. The van der Waals surface area contributed by atoms with Crippen LogP contribution < -0.4 is 5.25 Å². The van der Waals surface area contributed by atoms with Gasteiger partial charge in [0.05, 0.1) is 0 Å². The van der Waals surface area contributed by atoms with Crippen molar-refractivity contribution in [2.24, 2.45) is 0 Å². The Bertz CT molecular complexity index is 339. The summed E-state index contributed by atoms with van der Waals surface area (Å²) in [4.78, 5) is 0. The fourth-order valence-corrected chi connectivity index (χ4v) is 2.71. The summed E-state index contributed by atoms with van der Waals surface area (Å²) in [6, 6.07) is 0. The molecule has 16 heavy (non-hydrogen) atoms. The van der Waals surface area contributed by atoms with E-state index in [0.29, 0.717) is 0 Å². The Morgan fingerprint density at radius 3 is 2.12 bits per heavy atom. The summed E-state index contributed by atoms with van der Waals surface area (Å²) in [7, 11) is 3.43. The van der Waals surface area contributed by atoms with E-state index >= 15 is 0 Å². The van der Waals surface area contributed by atoms with Crippen molar-refractivity contribution < 1.29 is 0 Å². The second-order valence-electron chi connectivity index (χ2n) is 5.08. The Kier molecular flexibility index (Phi) is 5.13. The van der Waals surface area contributed by atoms with Crippen LogP contribution >= 0.6 is 0 Å². The normalized spacial score (nSPS) is 16.8. The van der Waals surface area contributed by atoms with E-state index in [9.17, 15) is 0 Å². The number of hydrogen-bond donors (Lipinski definition) is 0. The maximum absolute atomic E-state index is 2.46. The van der Waals surface area contributed by atoms with Crippen molar-refractivity contribution in [1.82, 2.24) is 0 Å². The monoisotopic (exact) mass is 206 g/mol. The predicted octanol–water partition coefficient (Wildman–Crippen LogP) is -0.250. The van der Waals surface area contributed by atoms with E-state index in [1.54, 1.807) is 10.9 Å². The van der Waals surface area contributed by atoms with Gasteiger partial charge in [0.15, 0.2) is 0 Å². The Morgan fingerprint density at radius 1 is 0.812 bits per heavy atom. The van der Waals surface area contributed by atoms with Gasteiger partial charge < -0.3 is 0 Å². The van der Waals surface area contributed by atoms with Gasteiger partial charge >= 0.3 is 103 Å². The molecule has 78 valence electrons. The fourth-order valence-electron chi connectivity index (χ4n) is 2.71. The van der Waals surface area contributed by atoms with Crippen LogP contribution in [-0.4, -0.2) is 35.4 Å². The molecule has 0 unspecified atom stereocenters. The molecule has 0 spiro atoms. The number of hydrogen-bond acceptors (Lipinski definition) is 0. The van der Waals surface area contributed by atoms with Crippen LogP contribution in [0.15, 0.2) is 0 Å². The van der Waals surface area contributed by atoms with E-state index < -0.39 is 0 Å². The van der Waals surface area contributed by atoms with Crippen molar-refractivity contribution in [1.29, 1.82) is 0 Å². The molecule has 2 rings (SSSR count). The summed E-state index contributed by atoms with van der Waals surface area (Å²) in [5, 5.41) is 1.51. The van der Waals surface area contributed by atoms with E-state index in [1.165, 1.54) is 63.8 Å². The summed E-state index contributed by atoms with van der Waals surface area (Å²) in [6.07, 6.45) is 11.1. The van der Waals surface area contributed by atoms with Crippen LogP contribution in [0, 0.1) is 0 Å². The minimum absolute atomic E-state index is 1.17. The first-order valence-corrected chi connectivity index (χ1v) is 7.01. The van der Waals surface area contributed by atoms with Crippen LogP contribution in [-0.2, 0) is 12.8 Å². The maximum atomic E-state index is 2.46. The van der Waals surface area contributed by atoms with E-state index in [1.807, 2.05) is 0 Å². The van der Waals surface area contributed by atoms with Gasteiger partial charge in [0.1, 0.15) is 0 Å². The van der Waals surface area contributed by atoms with Gasteiger partial charge in [-0.05, 0) is 0 Å². The molecule has 1 aromatic heterocycles. The number of rotatable bonds is 1. The molecule has 0 fully saturated rings. The molecule has 0 aromatic carbocycles. The molecule has 5 heteroatoms. The fraction of sp³-hybridized carbons (Fsp3) is 0.727. The van der Waals surface area contributed by atoms with Crippen molar-refractivity contribution in [3.63, 3.8) is 0 Å². The molecule has 0 aliphatic heterocycles. The average Bonchev–Trinajstić information content (AvgIpc) is 2.34. The molecule has 1 aromatic rings. The van der Waals surface area contributed by atoms with Gasteiger partial charge in [0, 0.05) is 0 Å². The van der Waals surface area contributed by atoms with Crippen molar-refractivity contribution >= 4 is 40.7 Å². The molecule has 0 bridgehead atoms. The van der Waals surface area contributed by atoms with Gasteiger partial charge in [-0.15, -0.1) is 0 Å². The molecule has 0 atom stereocenters. The van der Waals surface area contributed by atoms with Gasteiger partial charge in [-0.25, -0.2) is 0 Å². The van der Waals surface area contributed by atoms with Gasteiger partial charge in [-0.1, -0.05) is 0 Å². The van der Waals surface area contributed by atoms with E-state index in [-0.39, 0.29) is 0 Å². The molecule has 0 amide bonds. The van der Waals surface area contributed by atoms with Crippen LogP contribution in [0.5, 0.6) is 0 Å². The Labute approximate surface area is 103 Å². The van der Waals surface area contributed by atoms with Crippen LogP contribution in [0.4, 0.5) is 0 Å². The zero-order valence-electron chi connectivity index (χ0n) is 10.6. The zero-order chi connectivity index (χ0) is 11.2. The Hall–Kier alpha value is -0.0653. The molecule has 0 saturated heterocycles. The van der Waals surface area contributed by atoms with Crippen LogP contribution in [0.1, 0.15) is 49.4 Å². The average molecular weight is 205 g/mol. The molecule has 1 aliphatic carbocycles. The van der Waals surface area contributed by atoms with Gasteiger partial charge in [0.25, 0.3) is 0 Å². The van der Waals surface area contributed by atoms with E-state index in [0.717, 1.165) is 0 Å². The van der Waals surface area contributed by atoms with Gasteiger partial charge in [-0.2, -0.15) is 0 Å². The summed E-state index contributed by atoms with van der Waals surface area (Å²) in [5.41, 5.74) is 3.26. The third kappa shape index (κ3) is 3.47. The second kappa shape index (κ2) is 6.62. The number of fused-ring (bicyclic) bond motifs is 1. The third-order valence-corrected chi connectivity index (χ3v) is 3.82. The quantitative estimate of drug-likeness (QED) is 0.555. The molecule has 1 heterocycles. The SMILES string of the molecule is BBc1bbc2c(b1)CCCCCCCC2. The van der Waals surface area contributed by atoms with E-state index in [4.69, 9.17) is 0 Å². The summed E-state index contributed by atoms with van der Waals surface area (Å²) in [5.74, 6) is 0. The molecular formula is C11H19B5. The first-order chi connectivity index (χ1) is 7.90. The predicted molar refractivity (Wildman–Crippen MR) is 80.9 cm³/mol. The van der Waals surface area contributed by atoms with E-state index in [2.05, 4.69) is 28.2 Å². The first-order valence-electron chi connectivity index (χ1n) is 7.01. The molecule has 0 radical (unpaired) electrons. The molecule has 0 N–H and O–H groups in total. The molecule has 0 nitrogen and oxygen atoms in total. The van der Waals surface area contributed by atoms with Crippen molar-refractivity contribution in [2.75, 3.05) is 0 Å². The van der Waals surface area contributed by atoms with Crippen LogP contribution in [0.3, 0.4) is 0 Å². The standard InChI is InChI=1S/C11H19B5/c12-14-11-13-9-7-5-3-1-2-4-6-8-10(9)15-16-11/h14H,1-8,12H2. The van der Waals surface area contributed by atoms with Crippen molar-refractivity contribution in [3.8, 4) is 0 Å². The number of aryl methyl sites for hydroxylation is 2. The summed E-state index contributed by atoms with van der Waals surface area (Å²) >= 11 is 0. The molecule has 0 saturated carbocycles. The van der Waals surface area contributed by atoms with Crippen molar-refractivity contribution in [2.45, 2.75) is 51.4 Å². The minimum atomic E-state index is 1.17. The van der Waals surface area contributed by atoms with Crippen LogP contribution in [0.2, 0.25) is 0 Å². The molecular weight excluding hydrogens is 186 g/mol. The zero-order valence-corrected chi connectivity index (χ0v) is 10.6. The summed E-state index contributed by atoms with van der Waals surface area (Å²) in [6.45, 7) is 7.16. The summed E-state index contributed by atoms with van der Waals surface area (Å²) < 4.78 is 0. The van der Waals surface area contributed by atoms with Gasteiger partial charge in [0.2, 0.25) is 0 Å². The third-order valence-electron chi connectivity index (χ3n) is 3.82. The van der Waals surface area contributed by atoms with Gasteiger partial charge in [-0.3, -0.25) is 0 Å². The molecule has 1 aliphatic rings. The topological polar surface area (TPSA) is 0 Å². The second-order valence-corrected chi connectivity index (χ2v) is 5.08. The Balaban J connectivity index is 2.16.